The van der Waals surface area contributed by atoms with Crippen molar-refractivity contribution in [3.63, 3.8) is 0 Å². The number of sulfonamides is 1. The highest BCUT2D eigenvalue weighted by Crippen LogP contribution is 2.27. The average Bonchev–Trinajstić information content (AvgIpc) is 3.01. The van der Waals surface area contributed by atoms with Gasteiger partial charge < -0.3 is 4.74 Å². The predicted molar refractivity (Wildman–Crippen MR) is 101 cm³/mol. The van der Waals surface area contributed by atoms with E-state index in [4.69, 9.17) is 4.74 Å². The third kappa shape index (κ3) is 3.33. The molecule has 0 aliphatic carbocycles. The van der Waals surface area contributed by atoms with Crippen LogP contribution >= 0.6 is 0 Å². The van der Waals surface area contributed by atoms with Crippen molar-refractivity contribution in [2.24, 2.45) is 0 Å². The van der Waals surface area contributed by atoms with E-state index in [1.54, 1.807) is 28.9 Å². The topological polar surface area (TPSA) is 77.3 Å². The maximum absolute atomic E-state index is 13.1. The average molecular weight is 384 g/mol. The number of methoxy groups -OCH3 is 1. The lowest BCUT2D eigenvalue weighted by molar-refractivity contribution is 0.387. The third-order valence-corrected chi connectivity index (χ3v) is 6.55. The summed E-state index contributed by atoms with van der Waals surface area (Å²) in [6.45, 7) is 1.15. The summed E-state index contributed by atoms with van der Waals surface area (Å²) in [7, 11) is -2.17. The molecule has 8 heteroatoms. The van der Waals surface area contributed by atoms with Crippen LogP contribution in [0.1, 0.15) is 5.82 Å². The van der Waals surface area contributed by atoms with E-state index in [0.717, 1.165) is 11.4 Å². The third-order valence-electron chi connectivity index (χ3n) is 4.61. The van der Waals surface area contributed by atoms with Crippen LogP contribution in [0.4, 0.5) is 0 Å². The Morgan fingerprint density at radius 2 is 1.70 bits per heavy atom. The van der Waals surface area contributed by atoms with Crippen molar-refractivity contribution in [3.8, 4) is 17.1 Å². The SMILES string of the molecule is COc1ccccc1S(=O)(=O)N1CCc2nc(-c3ccccc3)nn2CC1. The van der Waals surface area contributed by atoms with Crippen LogP contribution in [-0.2, 0) is 23.0 Å². The quantitative estimate of drug-likeness (QED) is 0.689. The number of nitrogens with zero attached hydrogens (tertiary/aromatic N) is 4. The van der Waals surface area contributed by atoms with Crippen LogP contribution in [0.3, 0.4) is 0 Å². The van der Waals surface area contributed by atoms with Gasteiger partial charge in [-0.15, -0.1) is 0 Å². The van der Waals surface area contributed by atoms with E-state index in [2.05, 4.69) is 10.1 Å². The van der Waals surface area contributed by atoms with Crippen LogP contribution in [0.15, 0.2) is 59.5 Å². The number of para-hydroxylation sites is 1. The molecule has 27 heavy (non-hydrogen) atoms. The van der Waals surface area contributed by atoms with Crippen molar-refractivity contribution in [1.82, 2.24) is 19.1 Å². The molecule has 0 saturated carbocycles. The maximum Gasteiger partial charge on any atom is 0.246 e. The zero-order chi connectivity index (χ0) is 18.9. The summed E-state index contributed by atoms with van der Waals surface area (Å²) in [4.78, 5) is 4.79. The minimum absolute atomic E-state index is 0.185. The van der Waals surface area contributed by atoms with Gasteiger partial charge in [-0.25, -0.2) is 18.1 Å². The fourth-order valence-corrected chi connectivity index (χ4v) is 4.79. The molecule has 0 N–H and O–H groups in total. The lowest BCUT2D eigenvalue weighted by Gasteiger charge is -2.20. The van der Waals surface area contributed by atoms with E-state index in [-0.39, 0.29) is 4.90 Å². The summed E-state index contributed by atoms with van der Waals surface area (Å²) in [5, 5.41) is 4.56. The molecule has 0 saturated heterocycles. The summed E-state index contributed by atoms with van der Waals surface area (Å²) >= 11 is 0. The first-order valence-electron chi connectivity index (χ1n) is 8.72. The van der Waals surface area contributed by atoms with Gasteiger partial charge in [0.2, 0.25) is 10.0 Å². The van der Waals surface area contributed by atoms with E-state index >= 15 is 0 Å². The molecular formula is C19H20N4O3S. The van der Waals surface area contributed by atoms with Gasteiger partial charge in [0.1, 0.15) is 16.5 Å². The molecule has 7 nitrogen and oxygen atoms in total. The Balaban J connectivity index is 1.58. The Morgan fingerprint density at radius 1 is 0.963 bits per heavy atom. The highest BCUT2D eigenvalue weighted by molar-refractivity contribution is 7.89. The van der Waals surface area contributed by atoms with E-state index in [1.165, 1.54) is 11.4 Å². The number of rotatable bonds is 4. The van der Waals surface area contributed by atoms with Crippen LogP contribution < -0.4 is 4.74 Å². The lowest BCUT2D eigenvalue weighted by atomic mass is 10.2. The van der Waals surface area contributed by atoms with Gasteiger partial charge in [0.25, 0.3) is 0 Å². The minimum atomic E-state index is -3.65. The molecule has 0 unspecified atom stereocenters. The van der Waals surface area contributed by atoms with Gasteiger partial charge in [0.15, 0.2) is 5.82 Å². The van der Waals surface area contributed by atoms with Crippen LogP contribution in [0.2, 0.25) is 0 Å². The van der Waals surface area contributed by atoms with Crippen molar-refractivity contribution in [2.45, 2.75) is 17.9 Å². The Labute approximate surface area is 158 Å². The Kier molecular flexibility index (Phi) is 4.67. The van der Waals surface area contributed by atoms with Crippen molar-refractivity contribution in [2.75, 3.05) is 20.2 Å². The van der Waals surface area contributed by atoms with Crippen LogP contribution in [-0.4, -0.2) is 47.7 Å². The van der Waals surface area contributed by atoms with E-state index in [1.807, 2.05) is 30.3 Å². The Bertz CT molecular complexity index is 1020. The van der Waals surface area contributed by atoms with Crippen molar-refractivity contribution in [1.29, 1.82) is 0 Å². The highest BCUT2D eigenvalue weighted by Gasteiger charge is 2.30. The molecule has 2 heterocycles. The van der Waals surface area contributed by atoms with Gasteiger partial charge in [-0.05, 0) is 12.1 Å². The minimum Gasteiger partial charge on any atom is -0.495 e. The first kappa shape index (κ1) is 17.7. The summed E-state index contributed by atoms with van der Waals surface area (Å²) in [6, 6.07) is 16.5. The second-order valence-electron chi connectivity index (χ2n) is 6.25. The fourth-order valence-electron chi connectivity index (χ4n) is 3.20. The highest BCUT2D eigenvalue weighted by atomic mass is 32.2. The van der Waals surface area contributed by atoms with Gasteiger partial charge in [-0.3, -0.25) is 0 Å². The Morgan fingerprint density at radius 3 is 2.48 bits per heavy atom. The van der Waals surface area contributed by atoms with E-state index in [9.17, 15) is 8.42 Å². The first-order chi connectivity index (χ1) is 13.1. The number of fused-ring (bicyclic) bond motifs is 1. The summed E-state index contributed by atoms with van der Waals surface area (Å²) < 4.78 is 34.7. The summed E-state index contributed by atoms with van der Waals surface area (Å²) in [5.41, 5.74) is 0.955. The maximum atomic E-state index is 13.1. The molecule has 0 radical (unpaired) electrons. The number of hydrogen-bond donors (Lipinski definition) is 0. The molecule has 0 spiro atoms. The van der Waals surface area contributed by atoms with E-state index < -0.39 is 10.0 Å². The number of aromatic nitrogens is 3. The Hall–Kier alpha value is -2.71. The van der Waals surface area contributed by atoms with Crippen molar-refractivity contribution < 1.29 is 13.2 Å². The van der Waals surface area contributed by atoms with E-state index in [0.29, 0.717) is 37.6 Å². The zero-order valence-corrected chi connectivity index (χ0v) is 15.8. The van der Waals surface area contributed by atoms with Crippen LogP contribution in [0.25, 0.3) is 11.4 Å². The molecular weight excluding hydrogens is 364 g/mol. The second-order valence-corrected chi connectivity index (χ2v) is 8.15. The molecule has 0 bridgehead atoms. The normalized spacial score (nSPS) is 15.1. The standard InChI is InChI=1S/C19H20N4O3S/c1-26-16-9-5-6-10-17(16)27(24,25)22-12-11-18-20-19(21-23(18)14-13-22)15-7-3-2-4-8-15/h2-10H,11-14H2,1H3. The summed E-state index contributed by atoms with van der Waals surface area (Å²) in [5.74, 6) is 1.82. The van der Waals surface area contributed by atoms with Gasteiger partial charge in [0, 0.05) is 25.1 Å². The van der Waals surface area contributed by atoms with Gasteiger partial charge in [-0.1, -0.05) is 42.5 Å². The molecule has 2 aromatic carbocycles. The smallest absolute Gasteiger partial charge is 0.246 e. The van der Waals surface area contributed by atoms with Gasteiger partial charge >= 0.3 is 0 Å². The molecule has 1 aliphatic heterocycles. The monoisotopic (exact) mass is 384 g/mol. The first-order valence-corrected chi connectivity index (χ1v) is 10.2. The molecule has 1 aliphatic rings. The van der Waals surface area contributed by atoms with Crippen molar-refractivity contribution in [3.05, 3.63) is 60.4 Å². The molecule has 0 amide bonds. The van der Waals surface area contributed by atoms with Crippen LogP contribution in [0, 0.1) is 0 Å². The largest absolute Gasteiger partial charge is 0.495 e. The molecule has 0 fully saturated rings. The summed E-state index contributed by atoms with van der Waals surface area (Å²) in [6.07, 6.45) is 0.508. The second kappa shape index (κ2) is 7.13. The van der Waals surface area contributed by atoms with Crippen molar-refractivity contribution >= 4 is 10.0 Å². The van der Waals surface area contributed by atoms with Crippen LogP contribution in [0.5, 0.6) is 5.75 Å². The number of benzene rings is 2. The van der Waals surface area contributed by atoms with Gasteiger partial charge in [-0.2, -0.15) is 9.40 Å². The van der Waals surface area contributed by atoms with Gasteiger partial charge in [0.05, 0.1) is 13.7 Å². The molecule has 0 atom stereocenters. The zero-order valence-electron chi connectivity index (χ0n) is 14.9. The molecule has 140 valence electrons. The molecule has 1 aromatic heterocycles. The molecule has 3 aromatic rings. The number of hydrogen-bond acceptors (Lipinski definition) is 5. The predicted octanol–water partition coefficient (Wildman–Crippen LogP) is 2.20. The lowest BCUT2D eigenvalue weighted by Crippen LogP contribution is -2.34. The molecule has 4 rings (SSSR count). The fraction of sp³-hybridized carbons (Fsp3) is 0.263. The number of ether oxygens (including phenoxy) is 1.